The Balaban J connectivity index is 1.73. The molecule has 0 saturated carbocycles. The Morgan fingerprint density at radius 1 is 1.33 bits per heavy atom. The molecule has 8 nitrogen and oxygen atoms in total. The standard InChI is InChI=1S/C15H16FN3O5/c1-9(20)17-7-11-8-19(15(22)24-11)10-2-3-13(12(16)6-10)18-4-5-23-14(18)21/h2-3,6,11H,4-5,7-8H2,1H3,(H,17,20). The van der Waals surface area contributed by atoms with Gasteiger partial charge in [-0.1, -0.05) is 0 Å². The fraction of sp³-hybridized carbons (Fsp3) is 0.400. The van der Waals surface area contributed by atoms with Gasteiger partial charge < -0.3 is 14.8 Å². The number of nitrogens with one attached hydrogen (secondary N) is 1. The lowest BCUT2D eigenvalue weighted by molar-refractivity contribution is -0.119. The number of anilines is 2. The molecule has 24 heavy (non-hydrogen) atoms. The number of halogens is 1. The van der Waals surface area contributed by atoms with Crippen LogP contribution >= 0.6 is 0 Å². The van der Waals surface area contributed by atoms with Crippen LogP contribution < -0.4 is 15.1 Å². The number of amides is 3. The van der Waals surface area contributed by atoms with Crippen LogP contribution in [0, 0.1) is 5.82 Å². The summed E-state index contributed by atoms with van der Waals surface area (Å²) in [6.45, 7) is 2.25. The zero-order valence-electron chi connectivity index (χ0n) is 13.0. The van der Waals surface area contributed by atoms with E-state index < -0.39 is 24.1 Å². The summed E-state index contributed by atoms with van der Waals surface area (Å²) in [7, 11) is 0. The fourth-order valence-corrected chi connectivity index (χ4v) is 2.59. The van der Waals surface area contributed by atoms with Gasteiger partial charge in [0.1, 0.15) is 18.5 Å². The molecule has 2 aliphatic rings. The van der Waals surface area contributed by atoms with Crippen LogP contribution in [-0.4, -0.2) is 50.4 Å². The van der Waals surface area contributed by atoms with E-state index in [1.54, 1.807) is 0 Å². The van der Waals surface area contributed by atoms with E-state index in [1.165, 1.54) is 34.9 Å². The average molecular weight is 337 g/mol. The molecule has 2 heterocycles. The number of hydrogen-bond acceptors (Lipinski definition) is 5. The van der Waals surface area contributed by atoms with Crippen LogP contribution in [0.15, 0.2) is 18.2 Å². The predicted molar refractivity (Wildman–Crippen MR) is 81.4 cm³/mol. The molecule has 2 saturated heterocycles. The molecule has 1 aromatic carbocycles. The summed E-state index contributed by atoms with van der Waals surface area (Å²) < 4.78 is 24.2. The van der Waals surface area contributed by atoms with Gasteiger partial charge in [-0.25, -0.2) is 14.0 Å². The first-order valence-electron chi connectivity index (χ1n) is 7.42. The molecule has 0 aromatic heterocycles. The molecule has 128 valence electrons. The molecular weight excluding hydrogens is 321 g/mol. The van der Waals surface area contributed by atoms with Crippen molar-refractivity contribution in [2.24, 2.45) is 0 Å². The highest BCUT2D eigenvalue weighted by molar-refractivity contribution is 5.92. The van der Waals surface area contributed by atoms with Crippen molar-refractivity contribution in [2.45, 2.75) is 13.0 Å². The minimum absolute atomic E-state index is 0.101. The van der Waals surface area contributed by atoms with Gasteiger partial charge in [0.05, 0.1) is 31.0 Å². The number of rotatable bonds is 4. The first kappa shape index (κ1) is 16.0. The summed E-state index contributed by atoms with van der Waals surface area (Å²) in [5.41, 5.74) is 0.419. The third-order valence-electron chi connectivity index (χ3n) is 3.75. The van der Waals surface area contributed by atoms with E-state index in [0.29, 0.717) is 5.69 Å². The number of nitrogens with zero attached hydrogens (tertiary/aromatic N) is 2. The van der Waals surface area contributed by atoms with E-state index in [4.69, 9.17) is 9.47 Å². The van der Waals surface area contributed by atoms with Gasteiger partial charge in [0.2, 0.25) is 5.91 Å². The van der Waals surface area contributed by atoms with E-state index in [-0.39, 0.29) is 37.8 Å². The van der Waals surface area contributed by atoms with Gasteiger partial charge in [-0.05, 0) is 18.2 Å². The molecule has 1 N–H and O–H groups in total. The molecule has 2 fully saturated rings. The summed E-state index contributed by atoms with van der Waals surface area (Å²) in [5, 5.41) is 2.57. The third kappa shape index (κ3) is 3.10. The maximum absolute atomic E-state index is 14.3. The van der Waals surface area contributed by atoms with Gasteiger partial charge in [0, 0.05) is 6.92 Å². The first-order chi connectivity index (χ1) is 11.5. The van der Waals surface area contributed by atoms with Crippen LogP contribution in [0.5, 0.6) is 0 Å². The zero-order valence-corrected chi connectivity index (χ0v) is 13.0. The lowest BCUT2D eigenvalue weighted by atomic mass is 10.2. The van der Waals surface area contributed by atoms with Gasteiger partial charge in [-0.2, -0.15) is 0 Å². The molecule has 3 amide bonds. The average Bonchev–Trinajstić information content (AvgIpc) is 3.11. The van der Waals surface area contributed by atoms with Gasteiger partial charge in [-0.15, -0.1) is 0 Å². The molecule has 3 rings (SSSR count). The fourth-order valence-electron chi connectivity index (χ4n) is 2.59. The van der Waals surface area contributed by atoms with E-state index in [0.717, 1.165) is 0 Å². The summed E-state index contributed by atoms with van der Waals surface area (Å²) >= 11 is 0. The lowest BCUT2D eigenvalue weighted by Crippen LogP contribution is -2.33. The SMILES string of the molecule is CC(=O)NCC1CN(c2ccc(N3CCOC3=O)c(F)c2)C(=O)O1. The maximum atomic E-state index is 14.3. The molecular formula is C15H16FN3O5. The van der Waals surface area contributed by atoms with E-state index >= 15 is 0 Å². The zero-order chi connectivity index (χ0) is 17.3. The van der Waals surface area contributed by atoms with Crippen molar-refractivity contribution in [3.63, 3.8) is 0 Å². The largest absolute Gasteiger partial charge is 0.447 e. The van der Waals surface area contributed by atoms with Crippen LogP contribution in [0.1, 0.15) is 6.92 Å². The Morgan fingerprint density at radius 2 is 2.12 bits per heavy atom. The second kappa shape index (κ2) is 6.34. The Morgan fingerprint density at radius 3 is 2.75 bits per heavy atom. The van der Waals surface area contributed by atoms with Crippen LogP contribution in [0.2, 0.25) is 0 Å². The number of carbonyl (C=O) groups is 3. The van der Waals surface area contributed by atoms with E-state index in [1.807, 2.05) is 0 Å². The van der Waals surface area contributed by atoms with Crippen molar-refractivity contribution in [1.82, 2.24) is 5.32 Å². The number of cyclic esters (lactones) is 2. The van der Waals surface area contributed by atoms with Gasteiger partial charge >= 0.3 is 12.2 Å². The molecule has 0 radical (unpaired) electrons. The quantitative estimate of drug-likeness (QED) is 0.893. The van der Waals surface area contributed by atoms with Crippen LogP contribution in [0.4, 0.5) is 25.4 Å². The van der Waals surface area contributed by atoms with Crippen molar-refractivity contribution in [1.29, 1.82) is 0 Å². The molecule has 2 aliphatic heterocycles. The van der Waals surface area contributed by atoms with Crippen molar-refractivity contribution in [3.8, 4) is 0 Å². The van der Waals surface area contributed by atoms with E-state index in [2.05, 4.69) is 5.32 Å². The minimum Gasteiger partial charge on any atom is -0.447 e. The van der Waals surface area contributed by atoms with Crippen molar-refractivity contribution < 1.29 is 28.2 Å². The summed E-state index contributed by atoms with van der Waals surface area (Å²) in [6, 6.07) is 4.13. The second-order valence-electron chi connectivity index (χ2n) is 5.46. The first-order valence-corrected chi connectivity index (χ1v) is 7.42. The summed E-state index contributed by atoms with van der Waals surface area (Å²) in [6.07, 6.45) is -1.71. The molecule has 0 bridgehead atoms. The Kier molecular flexibility index (Phi) is 4.24. The van der Waals surface area contributed by atoms with Crippen LogP contribution in [-0.2, 0) is 14.3 Å². The topological polar surface area (TPSA) is 88.2 Å². The van der Waals surface area contributed by atoms with Gasteiger partial charge in [-0.3, -0.25) is 14.6 Å². The number of benzene rings is 1. The summed E-state index contributed by atoms with van der Waals surface area (Å²) in [5.74, 6) is -0.859. The van der Waals surface area contributed by atoms with Gasteiger partial charge in [0.25, 0.3) is 0 Å². The summed E-state index contributed by atoms with van der Waals surface area (Å²) in [4.78, 5) is 36.8. The normalized spacial score (nSPS) is 20.2. The molecule has 1 aromatic rings. The molecule has 0 aliphatic carbocycles. The van der Waals surface area contributed by atoms with Gasteiger partial charge in [0.15, 0.2) is 0 Å². The highest BCUT2D eigenvalue weighted by atomic mass is 19.1. The monoisotopic (exact) mass is 337 g/mol. The smallest absolute Gasteiger partial charge is 0.414 e. The van der Waals surface area contributed by atoms with Crippen molar-refractivity contribution >= 4 is 29.5 Å². The number of carbonyl (C=O) groups excluding carboxylic acids is 3. The third-order valence-corrected chi connectivity index (χ3v) is 3.75. The molecule has 9 heteroatoms. The van der Waals surface area contributed by atoms with Crippen molar-refractivity contribution in [2.75, 3.05) is 36.0 Å². The van der Waals surface area contributed by atoms with E-state index in [9.17, 15) is 18.8 Å². The molecule has 0 spiro atoms. The molecule has 1 unspecified atom stereocenters. The minimum atomic E-state index is -0.635. The number of ether oxygens (including phenoxy) is 2. The highest BCUT2D eigenvalue weighted by Gasteiger charge is 2.33. The molecule has 1 atom stereocenters. The van der Waals surface area contributed by atoms with Crippen LogP contribution in [0.3, 0.4) is 0 Å². The lowest BCUT2D eigenvalue weighted by Gasteiger charge is -2.17. The maximum Gasteiger partial charge on any atom is 0.414 e. The number of hydrogen-bond donors (Lipinski definition) is 1. The highest BCUT2D eigenvalue weighted by Crippen LogP contribution is 2.29. The predicted octanol–water partition coefficient (Wildman–Crippen LogP) is 1.24. The second-order valence-corrected chi connectivity index (χ2v) is 5.46. The Labute approximate surface area is 137 Å². The Hall–Kier alpha value is -2.84. The van der Waals surface area contributed by atoms with Crippen LogP contribution in [0.25, 0.3) is 0 Å². The Bertz CT molecular complexity index is 696. The van der Waals surface area contributed by atoms with Crippen molar-refractivity contribution in [3.05, 3.63) is 24.0 Å².